The van der Waals surface area contributed by atoms with Gasteiger partial charge in [0.1, 0.15) is 5.82 Å². The molecule has 0 aliphatic carbocycles. The summed E-state index contributed by atoms with van der Waals surface area (Å²) in [6.07, 6.45) is -2.84. The summed E-state index contributed by atoms with van der Waals surface area (Å²) in [6, 6.07) is 7.99. The van der Waals surface area contributed by atoms with Crippen LogP contribution in [-0.2, 0) is 12.7 Å². The lowest BCUT2D eigenvalue weighted by molar-refractivity contribution is -0.137. The van der Waals surface area contributed by atoms with Crippen LogP contribution in [0.5, 0.6) is 11.5 Å². The summed E-state index contributed by atoms with van der Waals surface area (Å²) in [6.45, 7) is 1.73. The number of aromatic nitrogens is 1. The van der Waals surface area contributed by atoms with Crippen molar-refractivity contribution in [3.05, 3.63) is 47.7 Å². The molecular weight excluding hydrogens is 399 g/mol. The summed E-state index contributed by atoms with van der Waals surface area (Å²) < 4.78 is 48.1. The molecule has 1 heterocycles. The van der Waals surface area contributed by atoms with E-state index >= 15 is 0 Å². The number of guanidine groups is 1. The minimum atomic E-state index is -4.38. The zero-order valence-corrected chi connectivity index (χ0v) is 17.1. The van der Waals surface area contributed by atoms with Gasteiger partial charge in [0.15, 0.2) is 17.5 Å². The van der Waals surface area contributed by atoms with Crippen LogP contribution in [0.15, 0.2) is 41.5 Å². The van der Waals surface area contributed by atoms with Crippen LogP contribution < -0.4 is 25.4 Å². The molecule has 0 unspecified atom stereocenters. The summed E-state index contributed by atoms with van der Waals surface area (Å²) in [4.78, 5) is 7.94. The minimum absolute atomic E-state index is 0.402. The van der Waals surface area contributed by atoms with E-state index in [0.717, 1.165) is 24.2 Å². The van der Waals surface area contributed by atoms with Crippen molar-refractivity contribution in [3.8, 4) is 11.5 Å². The molecule has 0 radical (unpaired) electrons. The molecule has 0 saturated heterocycles. The van der Waals surface area contributed by atoms with Gasteiger partial charge in [-0.2, -0.15) is 13.2 Å². The third kappa shape index (κ3) is 7.02. The molecule has 0 amide bonds. The standard InChI is InChI=1S/C20H26F3N5O2/c1-24-19(28-12-14-5-7-16(29-2)17(11-14)30-3)26-10-4-9-25-18-8-6-15(13-27-18)20(21,22)23/h5-8,11,13H,4,9-10,12H2,1-3H3,(H,25,27)(H2,24,26,28). The van der Waals surface area contributed by atoms with Gasteiger partial charge in [-0.1, -0.05) is 6.07 Å². The zero-order chi connectivity index (χ0) is 22.0. The van der Waals surface area contributed by atoms with Crippen molar-refractivity contribution in [1.29, 1.82) is 0 Å². The number of benzene rings is 1. The molecule has 0 bridgehead atoms. The van der Waals surface area contributed by atoms with E-state index in [9.17, 15) is 13.2 Å². The first-order valence-corrected chi connectivity index (χ1v) is 9.30. The van der Waals surface area contributed by atoms with E-state index in [2.05, 4.69) is 25.9 Å². The van der Waals surface area contributed by atoms with Crippen LogP contribution in [0.4, 0.5) is 19.0 Å². The third-order valence-electron chi connectivity index (χ3n) is 4.17. The summed E-state index contributed by atoms with van der Waals surface area (Å²) in [5.74, 6) is 2.36. The van der Waals surface area contributed by atoms with Gasteiger partial charge in [-0.25, -0.2) is 4.98 Å². The average molecular weight is 425 g/mol. The average Bonchev–Trinajstić information content (AvgIpc) is 2.75. The number of ether oxygens (including phenoxy) is 2. The fourth-order valence-corrected chi connectivity index (χ4v) is 2.57. The van der Waals surface area contributed by atoms with Gasteiger partial charge >= 0.3 is 6.18 Å². The van der Waals surface area contributed by atoms with E-state index < -0.39 is 11.7 Å². The Bertz CT molecular complexity index is 826. The van der Waals surface area contributed by atoms with Gasteiger partial charge in [-0.3, -0.25) is 4.99 Å². The predicted molar refractivity (Wildman–Crippen MR) is 110 cm³/mol. The SMILES string of the molecule is CN=C(NCCCNc1ccc(C(F)(F)F)cn1)NCc1ccc(OC)c(OC)c1. The van der Waals surface area contributed by atoms with E-state index in [1.807, 2.05) is 18.2 Å². The zero-order valence-electron chi connectivity index (χ0n) is 17.1. The molecule has 0 aliphatic heterocycles. The van der Waals surface area contributed by atoms with Crippen molar-refractivity contribution in [1.82, 2.24) is 15.6 Å². The molecule has 0 atom stereocenters. The molecular formula is C20H26F3N5O2. The van der Waals surface area contributed by atoms with Gasteiger partial charge in [0.05, 0.1) is 19.8 Å². The first-order valence-electron chi connectivity index (χ1n) is 9.30. The Morgan fingerprint density at radius 3 is 2.40 bits per heavy atom. The van der Waals surface area contributed by atoms with E-state index in [4.69, 9.17) is 9.47 Å². The Balaban J connectivity index is 1.71. The minimum Gasteiger partial charge on any atom is -0.493 e. The van der Waals surface area contributed by atoms with Crippen molar-refractivity contribution in [2.45, 2.75) is 19.1 Å². The largest absolute Gasteiger partial charge is 0.493 e. The number of pyridine rings is 1. The lowest BCUT2D eigenvalue weighted by Crippen LogP contribution is -2.37. The molecule has 164 valence electrons. The van der Waals surface area contributed by atoms with Crippen LogP contribution in [0.3, 0.4) is 0 Å². The Labute approximate surface area is 173 Å². The number of nitrogens with one attached hydrogen (secondary N) is 3. The van der Waals surface area contributed by atoms with Crippen LogP contribution in [0, 0.1) is 0 Å². The number of nitrogens with zero attached hydrogens (tertiary/aromatic N) is 2. The smallest absolute Gasteiger partial charge is 0.417 e. The number of aliphatic imine (C=N–C) groups is 1. The summed E-state index contributed by atoms with van der Waals surface area (Å²) >= 11 is 0. The van der Waals surface area contributed by atoms with E-state index in [1.54, 1.807) is 21.3 Å². The van der Waals surface area contributed by atoms with Gasteiger partial charge in [0.25, 0.3) is 0 Å². The maximum Gasteiger partial charge on any atom is 0.417 e. The second-order valence-corrected chi connectivity index (χ2v) is 6.25. The second kappa shape index (κ2) is 11.1. The van der Waals surface area contributed by atoms with E-state index in [1.165, 1.54) is 6.07 Å². The number of anilines is 1. The molecule has 0 spiro atoms. The van der Waals surface area contributed by atoms with Crippen LogP contribution in [0.2, 0.25) is 0 Å². The van der Waals surface area contributed by atoms with Gasteiger partial charge < -0.3 is 25.4 Å². The number of methoxy groups -OCH3 is 2. The van der Waals surface area contributed by atoms with Crippen molar-refractivity contribution in [2.75, 3.05) is 39.7 Å². The van der Waals surface area contributed by atoms with Crippen molar-refractivity contribution < 1.29 is 22.6 Å². The fourth-order valence-electron chi connectivity index (χ4n) is 2.57. The number of hydrogen-bond acceptors (Lipinski definition) is 5. The molecule has 10 heteroatoms. The van der Waals surface area contributed by atoms with Crippen molar-refractivity contribution in [3.63, 3.8) is 0 Å². The highest BCUT2D eigenvalue weighted by Gasteiger charge is 2.30. The highest BCUT2D eigenvalue weighted by atomic mass is 19.4. The molecule has 0 saturated carbocycles. The normalized spacial score (nSPS) is 11.7. The Kier molecular flexibility index (Phi) is 8.57. The van der Waals surface area contributed by atoms with Crippen molar-refractivity contribution >= 4 is 11.8 Å². The third-order valence-corrected chi connectivity index (χ3v) is 4.17. The van der Waals surface area contributed by atoms with Gasteiger partial charge in [-0.15, -0.1) is 0 Å². The number of alkyl halides is 3. The lowest BCUT2D eigenvalue weighted by Gasteiger charge is -2.14. The van der Waals surface area contributed by atoms with Crippen LogP contribution in [-0.4, -0.2) is 45.3 Å². The summed E-state index contributed by atoms with van der Waals surface area (Å²) in [7, 11) is 4.85. The first kappa shape index (κ1) is 23.1. The molecule has 30 heavy (non-hydrogen) atoms. The summed E-state index contributed by atoms with van der Waals surface area (Å²) in [5, 5.41) is 9.38. The maximum atomic E-state index is 12.5. The highest BCUT2D eigenvalue weighted by molar-refractivity contribution is 5.79. The topological polar surface area (TPSA) is 79.8 Å². The Morgan fingerprint density at radius 1 is 1.03 bits per heavy atom. The van der Waals surface area contributed by atoms with Crippen LogP contribution in [0.1, 0.15) is 17.5 Å². The fraction of sp³-hybridized carbons (Fsp3) is 0.400. The molecule has 2 rings (SSSR count). The molecule has 1 aromatic heterocycles. The quantitative estimate of drug-likeness (QED) is 0.325. The van der Waals surface area contributed by atoms with Gasteiger partial charge in [-0.05, 0) is 36.2 Å². The number of hydrogen-bond donors (Lipinski definition) is 3. The Morgan fingerprint density at radius 2 is 1.80 bits per heavy atom. The highest BCUT2D eigenvalue weighted by Crippen LogP contribution is 2.29. The van der Waals surface area contributed by atoms with Gasteiger partial charge in [0.2, 0.25) is 0 Å². The van der Waals surface area contributed by atoms with E-state index in [0.29, 0.717) is 42.9 Å². The predicted octanol–water partition coefficient (Wildman–Crippen LogP) is 3.28. The van der Waals surface area contributed by atoms with E-state index in [-0.39, 0.29) is 0 Å². The van der Waals surface area contributed by atoms with Gasteiger partial charge in [0, 0.05) is 32.9 Å². The summed E-state index contributed by atoms with van der Waals surface area (Å²) in [5.41, 5.74) is 0.240. The number of halogens is 3. The van der Waals surface area contributed by atoms with Crippen molar-refractivity contribution in [2.24, 2.45) is 4.99 Å². The lowest BCUT2D eigenvalue weighted by atomic mass is 10.2. The maximum absolute atomic E-state index is 12.5. The molecule has 7 nitrogen and oxygen atoms in total. The van der Waals surface area contributed by atoms with Crippen LogP contribution in [0.25, 0.3) is 0 Å². The second-order valence-electron chi connectivity index (χ2n) is 6.25. The molecule has 1 aromatic carbocycles. The number of rotatable bonds is 9. The first-order chi connectivity index (χ1) is 14.4. The molecule has 0 fully saturated rings. The monoisotopic (exact) mass is 425 g/mol. The molecule has 2 aromatic rings. The molecule has 0 aliphatic rings. The van der Waals surface area contributed by atoms with Crippen LogP contribution >= 0.6 is 0 Å². The molecule has 3 N–H and O–H groups in total. The Hall–Kier alpha value is -3.17.